The van der Waals surface area contributed by atoms with Gasteiger partial charge in [-0.1, -0.05) is 6.07 Å². The molecule has 2 N–H and O–H groups in total. The Kier molecular flexibility index (Phi) is 4.31. The molecule has 0 radical (unpaired) electrons. The number of benzene rings is 1. The number of hydrogen-bond donors (Lipinski definition) is 2. The second-order valence-corrected chi connectivity index (χ2v) is 4.45. The van der Waals surface area contributed by atoms with Crippen molar-refractivity contribution in [2.75, 3.05) is 19.4 Å². The van der Waals surface area contributed by atoms with Gasteiger partial charge in [0.1, 0.15) is 6.04 Å². The molecule has 1 unspecified atom stereocenters. The number of likely N-dealkylation sites (N-methyl/N-ethyl adjacent to an activating group) is 1. The highest BCUT2D eigenvalue weighted by molar-refractivity contribution is 5.95. The van der Waals surface area contributed by atoms with Crippen molar-refractivity contribution >= 4 is 17.6 Å². The second kappa shape index (κ2) is 5.53. The minimum absolute atomic E-state index is 0.104. The summed E-state index contributed by atoms with van der Waals surface area (Å²) < 4.78 is 0. The SMILES string of the molecule is Cc1ccc(C(=O)O)c(NC(C)C(=O)N(C)C)c1. The fourth-order valence-corrected chi connectivity index (χ4v) is 1.65. The highest BCUT2D eigenvalue weighted by atomic mass is 16.4. The average molecular weight is 250 g/mol. The molecule has 0 spiro atoms. The van der Waals surface area contributed by atoms with Crippen LogP contribution in [0.1, 0.15) is 22.8 Å². The molecular weight excluding hydrogens is 232 g/mol. The Hall–Kier alpha value is -2.04. The molecule has 1 atom stereocenters. The number of rotatable bonds is 4. The first-order chi connectivity index (χ1) is 8.32. The molecule has 1 aromatic rings. The molecule has 98 valence electrons. The maximum atomic E-state index is 11.7. The van der Waals surface area contributed by atoms with E-state index >= 15 is 0 Å². The number of nitrogens with one attached hydrogen (secondary N) is 1. The molecular formula is C13H18N2O3. The molecule has 0 saturated carbocycles. The lowest BCUT2D eigenvalue weighted by atomic mass is 10.1. The molecule has 18 heavy (non-hydrogen) atoms. The topological polar surface area (TPSA) is 69.6 Å². The minimum atomic E-state index is -1.01. The molecule has 5 nitrogen and oxygen atoms in total. The number of carbonyl (C=O) groups is 2. The fourth-order valence-electron chi connectivity index (χ4n) is 1.65. The molecule has 0 aliphatic rings. The number of nitrogens with zero attached hydrogens (tertiary/aromatic N) is 1. The van der Waals surface area contributed by atoms with Crippen molar-refractivity contribution in [1.29, 1.82) is 0 Å². The van der Waals surface area contributed by atoms with Crippen LogP contribution >= 0.6 is 0 Å². The first-order valence-electron chi connectivity index (χ1n) is 5.64. The standard InChI is InChI=1S/C13H18N2O3/c1-8-5-6-10(13(17)18)11(7-8)14-9(2)12(16)15(3)4/h5-7,9,14H,1-4H3,(H,17,18). The van der Waals surface area contributed by atoms with Gasteiger partial charge < -0.3 is 15.3 Å². The van der Waals surface area contributed by atoms with E-state index < -0.39 is 12.0 Å². The van der Waals surface area contributed by atoms with Gasteiger partial charge >= 0.3 is 5.97 Å². The highest BCUT2D eigenvalue weighted by Crippen LogP contribution is 2.18. The molecule has 5 heteroatoms. The zero-order valence-corrected chi connectivity index (χ0v) is 11.0. The van der Waals surface area contributed by atoms with Gasteiger partial charge in [-0.15, -0.1) is 0 Å². The van der Waals surface area contributed by atoms with E-state index in [2.05, 4.69) is 5.32 Å². The van der Waals surface area contributed by atoms with Gasteiger partial charge in [-0.05, 0) is 31.5 Å². The van der Waals surface area contributed by atoms with Crippen LogP contribution in [0, 0.1) is 6.92 Å². The lowest BCUT2D eigenvalue weighted by Gasteiger charge is -2.20. The van der Waals surface area contributed by atoms with E-state index in [4.69, 9.17) is 5.11 Å². The van der Waals surface area contributed by atoms with Gasteiger partial charge in [-0.25, -0.2) is 4.79 Å². The van der Waals surface area contributed by atoms with E-state index in [9.17, 15) is 9.59 Å². The van der Waals surface area contributed by atoms with E-state index in [1.165, 1.54) is 11.0 Å². The van der Waals surface area contributed by atoms with Gasteiger partial charge in [-0.2, -0.15) is 0 Å². The summed E-state index contributed by atoms with van der Waals surface area (Å²) in [5.41, 5.74) is 1.57. The summed E-state index contributed by atoms with van der Waals surface area (Å²) in [6.07, 6.45) is 0. The van der Waals surface area contributed by atoms with Gasteiger partial charge in [-0.3, -0.25) is 4.79 Å². The summed E-state index contributed by atoms with van der Waals surface area (Å²) in [7, 11) is 3.32. The van der Waals surface area contributed by atoms with E-state index in [1.807, 2.05) is 6.92 Å². The third-order valence-electron chi connectivity index (χ3n) is 2.59. The summed E-state index contributed by atoms with van der Waals surface area (Å²) in [4.78, 5) is 24.3. The van der Waals surface area contributed by atoms with E-state index in [-0.39, 0.29) is 11.5 Å². The molecule has 0 aliphatic carbocycles. The number of carboxylic acids is 1. The Bertz CT molecular complexity index is 469. The Balaban J connectivity index is 2.99. The summed E-state index contributed by atoms with van der Waals surface area (Å²) in [6.45, 7) is 3.57. The fraction of sp³-hybridized carbons (Fsp3) is 0.385. The summed E-state index contributed by atoms with van der Waals surface area (Å²) in [5.74, 6) is -1.12. The van der Waals surface area contributed by atoms with Gasteiger partial charge in [0, 0.05) is 19.8 Å². The van der Waals surface area contributed by atoms with Crippen LogP contribution in [0.15, 0.2) is 18.2 Å². The van der Waals surface area contributed by atoms with Crippen molar-refractivity contribution in [3.8, 4) is 0 Å². The van der Waals surface area contributed by atoms with Crippen LogP contribution in [0.4, 0.5) is 5.69 Å². The molecule has 0 aliphatic heterocycles. The van der Waals surface area contributed by atoms with Crippen molar-refractivity contribution in [1.82, 2.24) is 4.90 Å². The summed E-state index contributed by atoms with van der Waals surface area (Å²) in [5, 5.41) is 12.0. The van der Waals surface area contributed by atoms with Gasteiger partial charge in [0.05, 0.1) is 5.56 Å². The van der Waals surface area contributed by atoms with Crippen LogP contribution in [0.5, 0.6) is 0 Å². The number of aromatic carboxylic acids is 1. The highest BCUT2D eigenvalue weighted by Gasteiger charge is 2.17. The van der Waals surface area contributed by atoms with Crippen LogP contribution in [0.2, 0.25) is 0 Å². The number of amides is 1. The monoisotopic (exact) mass is 250 g/mol. The van der Waals surface area contributed by atoms with E-state index in [0.29, 0.717) is 5.69 Å². The average Bonchev–Trinajstić information content (AvgIpc) is 2.27. The Labute approximate surface area is 106 Å². The van der Waals surface area contributed by atoms with Gasteiger partial charge in [0.25, 0.3) is 0 Å². The minimum Gasteiger partial charge on any atom is -0.478 e. The van der Waals surface area contributed by atoms with Crippen LogP contribution in [-0.2, 0) is 4.79 Å². The predicted molar refractivity (Wildman–Crippen MR) is 69.9 cm³/mol. The zero-order valence-electron chi connectivity index (χ0n) is 11.0. The molecule has 1 aromatic carbocycles. The maximum Gasteiger partial charge on any atom is 0.337 e. The molecule has 0 heterocycles. The van der Waals surface area contributed by atoms with Gasteiger partial charge in [0.15, 0.2) is 0 Å². The maximum absolute atomic E-state index is 11.7. The number of aryl methyl sites for hydroxylation is 1. The first kappa shape index (κ1) is 14.0. The molecule has 0 aromatic heterocycles. The van der Waals surface area contributed by atoms with Crippen LogP contribution in [0.25, 0.3) is 0 Å². The summed E-state index contributed by atoms with van der Waals surface area (Å²) in [6, 6.07) is 4.52. The van der Waals surface area contributed by atoms with Crippen molar-refractivity contribution in [2.45, 2.75) is 19.9 Å². The van der Waals surface area contributed by atoms with Crippen molar-refractivity contribution in [2.24, 2.45) is 0 Å². The zero-order chi connectivity index (χ0) is 13.9. The molecule has 0 bridgehead atoms. The molecule has 1 amide bonds. The van der Waals surface area contributed by atoms with Crippen molar-refractivity contribution in [3.05, 3.63) is 29.3 Å². The lowest BCUT2D eigenvalue weighted by molar-refractivity contribution is -0.129. The Morgan fingerprint density at radius 3 is 2.44 bits per heavy atom. The van der Waals surface area contributed by atoms with E-state index in [0.717, 1.165) is 5.56 Å². The number of carbonyl (C=O) groups excluding carboxylic acids is 1. The molecule has 0 saturated heterocycles. The van der Waals surface area contributed by atoms with Crippen LogP contribution in [0.3, 0.4) is 0 Å². The smallest absolute Gasteiger partial charge is 0.337 e. The Morgan fingerprint density at radius 2 is 1.94 bits per heavy atom. The Morgan fingerprint density at radius 1 is 1.33 bits per heavy atom. The number of hydrogen-bond acceptors (Lipinski definition) is 3. The number of carboxylic acid groups (broad SMARTS) is 1. The molecule has 0 fully saturated rings. The first-order valence-corrected chi connectivity index (χ1v) is 5.64. The van der Waals surface area contributed by atoms with Crippen LogP contribution in [-0.4, -0.2) is 42.0 Å². The second-order valence-electron chi connectivity index (χ2n) is 4.45. The normalized spacial score (nSPS) is 11.8. The lowest BCUT2D eigenvalue weighted by Crippen LogP contribution is -2.37. The third-order valence-corrected chi connectivity index (χ3v) is 2.59. The quantitative estimate of drug-likeness (QED) is 0.851. The predicted octanol–water partition coefficient (Wildman–Crippen LogP) is 1.58. The van der Waals surface area contributed by atoms with Gasteiger partial charge in [0.2, 0.25) is 5.91 Å². The van der Waals surface area contributed by atoms with E-state index in [1.54, 1.807) is 33.2 Å². The largest absolute Gasteiger partial charge is 0.478 e. The molecule has 1 rings (SSSR count). The van der Waals surface area contributed by atoms with Crippen molar-refractivity contribution < 1.29 is 14.7 Å². The number of anilines is 1. The van der Waals surface area contributed by atoms with Crippen LogP contribution < -0.4 is 5.32 Å². The van der Waals surface area contributed by atoms with Crippen molar-refractivity contribution in [3.63, 3.8) is 0 Å². The summed E-state index contributed by atoms with van der Waals surface area (Å²) >= 11 is 0. The third kappa shape index (κ3) is 3.23.